The molecule has 106 valence electrons. The van der Waals surface area contributed by atoms with Gasteiger partial charge in [0.05, 0.1) is 11.2 Å². The molecule has 3 rings (SSSR count). The fourth-order valence-electron chi connectivity index (χ4n) is 2.20. The Morgan fingerprint density at radius 1 is 1.19 bits per heavy atom. The summed E-state index contributed by atoms with van der Waals surface area (Å²) in [6.45, 7) is 1.74. The van der Waals surface area contributed by atoms with Gasteiger partial charge in [-0.2, -0.15) is 0 Å². The number of halogens is 2. The number of hydrogen-bond donors (Lipinski definition) is 2. The Morgan fingerprint density at radius 2 is 2.00 bits per heavy atom. The Hall–Kier alpha value is -2.14. The Morgan fingerprint density at radius 3 is 2.81 bits per heavy atom. The van der Waals surface area contributed by atoms with Crippen molar-refractivity contribution in [2.75, 3.05) is 11.1 Å². The van der Waals surface area contributed by atoms with Crippen LogP contribution in [-0.4, -0.2) is 4.98 Å². The van der Waals surface area contributed by atoms with Crippen LogP contribution in [0.4, 0.5) is 21.5 Å². The molecule has 0 saturated heterocycles. The van der Waals surface area contributed by atoms with Gasteiger partial charge in [0.1, 0.15) is 5.82 Å². The van der Waals surface area contributed by atoms with Gasteiger partial charge in [-0.05, 0) is 53.2 Å². The summed E-state index contributed by atoms with van der Waals surface area (Å²) in [6, 6.07) is 10.5. The van der Waals surface area contributed by atoms with E-state index in [0.717, 1.165) is 21.1 Å². The molecule has 0 aliphatic rings. The highest BCUT2D eigenvalue weighted by molar-refractivity contribution is 9.10. The lowest BCUT2D eigenvalue weighted by molar-refractivity contribution is 0.619. The lowest BCUT2D eigenvalue weighted by Gasteiger charge is -2.13. The van der Waals surface area contributed by atoms with Crippen LogP contribution in [-0.2, 0) is 0 Å². The topological polar surface area (TPSA) is 50.9 Å². The molecule has 5 heteroatoms. The van der Waals surface area contributed by atoms with Crippen LogP contribution in [0.2, 0.25) is 0 Å². The van der Waals surface area contributed by atoms with E-state index in [1.54, 1.807) is 19.2 Å². The number of nitrogens with zero attached hydrogens (tertiary/aromatic N) is 1. The van der Waals surface area contributed by atoms with E-state index in [-0.39, 0.29) is 5.82 Å². The molecule has 0 fully saturated rings. The second kappa shape index (κ2) is 5.33. The third-order valence-corrected chi connectivity index (χ3v) is 3.82. The van der Waals surface area contributed by atoms with E-state index in [4.69, 9.17) is 5.73 Å². The summed E-state index contributed by atoms with van der Waals surface area (Å²) in [7, 11) is 0. The molecule has 1 heterocycles. The number of fused-ring (bicyclic) bond motifs is 1. The molecule has 0 saturated carbocycles. The van der Waals surface area contributed by atoms with Gasteiger partial charge < -0.3 is 11.1 Å². The van der Waals surface area contributed by atoms with Crippen molar-refractivity contribution in [3.05, 3.63) is 58.4 Å². The average molecular weight is 346 g/mol. The zero-order valence-corrected chi connectivity index (χ0v) is 12.9. The Balaban J connectivity index is 2.13. The van der Waals surface area contributed by atoms with Crippen molar-refractivity contribution in [2.24, 2.45) is 0 Å². The van der Waals surface area contributed by atoms with Crippen molar-refractivity contribution in [1.82, 2.24) is 4.98 Å². The van der Waals surface area contributed by atoms with Gasteiger partial charge in [0, 0.05) is 33.0 Å². The number of aromatic nitrogens is 1. The quantitative estimate of drug-likeness (QED) is 0.657. The van der Waals surface area contributed by atoms with Gasteiger partial charge in [-0.1, -0.05) is 6.07 Å². The average Bonchev–Trinajstić information content (AvgIpc) is 2.47. The molecule has 21 heavy (non-hydrogen) atoms. The van der Waals surface area contributed by atoms with Crippen LogP contribution in [0.25, 0.3) is 10.9 Å². The molecule has 0 radical (unpaired) electrons. The summed E-state index contributed by atoms with van der Waals surface area (Å²) >= 11 is 3.39. The molecule has 3 aromatic rings. The summed E-state index contributed by atoms with van der Waals surface area (Å²) in [5.74, 6) is -0.240. The van der Waals surface area contributed by atoms with Gasteiger partial charge in [-0.25, -0.2) is 4.39 Å². The van der Waals surface area contributed by atoms with Crippen molar-refractivity contribution in [3.8, 4) is 0 Å². The highest BCUT2D eigenvalue weighted by atomic mass is 79.9. The van der Waals surface area contributed by atoms with E-state index in [0.29, 0.717) is 16.9 Å². The predicted molar refractivity (Wildman–Crippen MR) is 88.3 cm³/mol. The Bertz CT molecular complexity index is 833. The maximum absolute atomic E-state index is 13.6. The van der Waals surface area contributed by atoms with E-state index in [1.807, 2.05) is 24.3 Å². The highest BCUT2D eigenvalue weighted by Gasteiger charge is 2.09. The van der Waals surface area contributed by atoms with Gasteiger partial charge in [-0.15, -0.1) is 0 Å². The lowest BCUT2D eigenvalue weighted by Crippen LogP contribution is -1.98. The van der Waals surface area contributed by atoms with Gasteiger partial charge in [0.15, 0.2) is 0 Å². The molecular formula is C16H13BrFN3. The summed E-state index contributed by atoms with van der Waals surface area (Å²) in [4.78, 5) is 4.41. The molecule has 0 atom stereocenters. The van der Waals surface area contributed by atoms with Gasteiger partial charge in [0.25, 0.3) is 0 Å². The molecule has 2 aromatic carbocycles. The number of anilines is 3. The van der Waals surface area contributed by atoms with Crippen LogP contribution >= 0.6 is 15.9 Å². The lowest BCUT2D eigenvalue weighted by atomic mass is 10.1. The molecule has 1 aromatic heterocycles. The van der Waals surface area contributed by atoms with E-state index in [2.05, 4.69) is 26.2 Å². The van der Waals surface area contributed by atoms with E-state index >= 15 is 0 Å². The maximum Gasteiger partial charge on any atom is 0.128 e. The van der Waals surface area contributed by atoms with Crippen LogP contribution in [0.1, 0.15) is 5.56 Å². The minimum Gasteiger partial charge on any atom is -0.398 e. The first-order valence-corrected chi connectivity index (χ1v) is 7.21. The third-order valence-electron chi connectivity index (χ3n) is 3.39. The van der Waals surface area contributed by atoms with Crippen molar-refractivity contribution in [3.63, 3.8) is 0 Å². The van der Waals surface area contributed by atoms with Crippen molar-refractivity contribution in [2.45, 2.75) is 6.92 Å². The Kier molecular flexibility index (Phi) is 3.51. The van der Waals surface area contributed by atoms with Crippen LogP contribution in [0.15, 0.2) is 47.1 Å². The Labute approximate surface area is 130 Å². The van der Waals surface area contributed by atoms with E-state index in [1.165, 1.54) is 6.07 Å². The smallest absolute Gasteiger partial charge is 0.128 e. The largest absolute Gasteiger partial charge is 0.398 e. The van der Waals surface area contributed by atoms with Crippen molar-refractivity contribution < 1.29 is 4.39 Å². The molecule has 0 aliphatic heterocycles. The molecule has 0 spiro atoms. The van der Waals surface area contributed by atoms with Gasteiger partial charge in [-0.3, -0.25) is 4.98 Å². The van der Waals surface area contributed by atoms with Crippen LogP contribution in [0.3, 0.4) is 0 Å². The molecular weight excluding hydrogens is 333 g/mol. The van der Waals surface area contributed by atoms with Crippen molar-refractivity contribution in [1.29, 1.82) is 0 Å². The molecule has 3 N–H and O–H groups in total. The second-order valence-electron chi connectivity index (χ2n) is 4.79. The number of benzene rings is 2. The summed E-state index contributed by atoms with van der Waals surface area (Å²) in [6.07, 6.45) is 1.71. The fraction of sp³-hybridized carbons (Fsp3) is 0.0625. The second-order valence-corrected chi connectivity index (χ2v) is 5.71. The van der Waals surface area contributed by atoms with Crippen LogP contribution in [0, 0.1) is 12.7 Å². The first-order valence-electron chi connectivity index (χ1n) is 6.42. The summed E-state index contributed by atoms with van der Waals surface area (Å²) in [5, 5.41) is 4.08. The zero-order chi connectivity index (χ0) is 15.0. The van der Waals surface area contributed by atoms with Gasteiger partial charge >= 0.3 is 0 Å². The first-order chi connectivity index (χ1) is 10.1. The fourth-order valence-corrected chi connectivity index (χ4v) is 2.54. The number of rotatable bonds is 2. The van der Waals surface area contributed by atoms with E-state index in [9.17, 15) is 4.39 Å². The van der Waals surface area contributed by atoms with Crippen molar-refractivity contribution >= 4 is 43.9 Å². The predicted octanol–water partition coefficient (Wildman–Crippen LogP) is 4.77. The minimum atomic E-state index is -0.240. The zero-order valence-electron chi connectivity index (χ0n) is 11.3. The molecule has 0 bridgehead atoms. The van der Waals surface area contributed by atoms with Crippen LogP contribution < -0.4 is 11.1 Å². The summed E-state index contributed by atoms with van der Waals surface area (Å²) in [5.41, 5.74) is 9.47. The maximum atomic E-state index is 13.6. The van der Waals surface area contributed by atoms with Crippen LogP contribution in [0.5, 0.6) is 0 Å². The number of hydrogen-bond acceptors (Lipinski definition) is 3. The molecule has 0 amide bonds. The standard InChI is InChI=1S/C16H13BrFN3/c1-9-12(18)3-2-4-14(9)21-15-6-5-13(19)11-7-10(17)8-20-16(11)15/h2-8,21H,19H2,1H3. The number of nitrogen functional groups attached to an aromatic ring is 1. The number of nitrogens with two attached hydrogens (primary N) is 1. The van der Waals surface area contributed by atoms with Gasteiger partial charge in [0.2, 0.25) is 0 Å². The normalized spacial score (nSPS) is 10.8. The molecule has 0 unspecified atom stereocenters. The number of nitrogens with one attached hydrogen (secondary N) is 1. The molecule has 3 nitrogen and oxygen atoms in total. The first kappa shape index (κ1) is 13.8. The summed E-state index contributed by atoms with van der Waals surface area (Å²) < 4.78 is 14.5. The monoisotopic (exact) mass is 345 g/mol. The molecule has 0 aliphatic carbocycles. The SMILES string of the molecule is Cc1c(F)cccc1Nc1ccc(N)c2cc(Br)cnc12. The minimum absolute atomic E-state index is 0.240. The van der Waals surface area contributed by atoms with E-state index < -0.39 is 0 Å². The third kappa shape index (κ3) is 2.56. The highest BCUT2D eigenvalue weighted by Crippen LogP contribution is 2.31. The number of pyridine rings is 1.